The van der Waals surface area contributed by atoms with E-state index in [4.69, 9.17) is 16.3 Å². The number of hydrogen-bond acceptors (Lipinski definition) is 3. The Morgan fingerprint density at radius 3 is 3.10 bits per heavy atom. The number of thiophene rings is 1. The van der Waals surface area contributed by atoms with Gasteiger partial charge in [0, 0.05) is 10.9 Å². The number of fused-ring (bicyclic) bond motifs is 1. The first-order chi connectivity index (χ1) is 10.3. The number of ether oxygens (including phenoxy) is 1. The van der Waals surface area contributed by atoms with Crippen molar-refractivity contribution >= 4 is 22.9 Å². The summed E-state index contributed by atoms with van der Waals surface area (Å²) >= 11 is 7.90. The van der Waals surface area contributed by atoms with E-state index in [1.54, 1.807) is 18.4 Å². The number of halogens is 1. The fourth-order valence-corrected chi connectivity index (χ4v) is 4.41. The number of aryl methyl sites for hydroxylation is 1. The second-order valence-electron chi connectivity index (χ2n) is 5.39. The average Bonchev–Trinajstić information content (AvgIpc) is 2.89. The Morgan fingerprint density at radius 1 is 1.38 bits per heavy atom. The third-order valence-electron chi connectivity index (χ3n) is 4.06. The van der Waals surface area contributed by atoms with Crippen LogP contribution in [0.2, 0.25) is 4.34 Å². The van der Waals surface area contributed by atoms with Crippen LogP contribution in [0.3, 0.4) is 0 Å². The zero-order chi connectivity index (χ0) is 14.7. The number of para-hydroxylation sites is 1. The molecule has 2 aromatic rings. The second-order valence-corrected chi connectivity index (χ2v) is 7.16. The Morgan fingerprint density at radius 2 is 2.24 bits per heavy atom. The Kier molecular flexibility index (Phi) is 4.84. The maximum absolute atomic E-state index is 6.16. The maximum atomic E-state index is 6.16. The molecule has 1 N–H and O–H groups in total. The Bertz CT molecular complexity index is 611. The van der Waals surface area contributed by atoms with Crippen LogP contribution < -0.4 is 10.1 Å². The van der Waals surface area contributed by atoms with E-state index in [0.29, 0.717) is 6.04 Å². The lowest BCUT2D eigenvalue weighted by molar-refractivity contribution is 0.407. The molecule has 2 nitrogen and oxygen atoms in total. The van der Waals surface area contributed by atoms with Gasteiger partial charge in [-0.1, -0.05) is 29.8 Å². The molecule has 0 fully saturated rings. The normalized spacial score (nSPS) is 17.5. The summed E-state index contributed by atoms with van der Waals surface area (Å²) in [5, 5.41) is 3.68. The minimum atomic E-state index is 0.451. The summed E-state index contributed by atoms with van der Waals surface area (Å²) in [7, 11) is 1.73. The number of methoxy groups -OCH3 is 1. The highest BCUT2D eigenvalue weighted by Gasteiger charge is 2.22. The number of rotatable bonds is 5. The number of hydrogen-bond donors (Lipinski definition) is 1. The monoisotopic (exact) mass is 321 g/mol. The van der Waals surface area contributed by atoms with Crippen LogP contribution in [-0.4, -0.2) is 13.7 Å². The average molecular weight is 322 g/mol. The molecule has 0 spiro atoms. The van der Waals surface area contributed by atoms with Gasteiger partial charge in [0.1, 0.15) is 5.75 Å². The van der Waals surface area contributed by atoms with Crippen molar-refractivity contribution in [2.75, 3.05) is 13.7 Å². The highest BCUT2D eigenvalue weighted by molar-refractivity contribution is 7.16. The van der Waals surface area contributed by atoms with Gasteiger partial charge in [-0.05, 0) is 55.5 Å². The molecule has 1 aromatic carbocycles. The highest BCUT2D eigenvalue weighted by Crippen LogP contribution is 2.37. The molecule has 0 aliphatic heterocycles. The second kappa shape index (κ2) is 6.82. The van der Waals surface area contributed by atoms with E-state index in [2.05, 4.69) is 23.5 Å². The molecule has 0 radical (unpaired) electrons. The Balaban J connectivity index is 1.61. The molecule has 0 amide bonds. The van der Waals surface area contributed by atoms with Crippen molar-refractivity contribution in [2.45, 2.75) is 31.7 Å². The van der Waals surface area contributed by atoms with Gasteiger partial charge in [-0.25, -0.2) is 0 Å². The van der Waals surface area contributed by atoms with E-state index in [1.807, 2.05) is 12.1 Å². The summed E-state index contributed by atoms with van der Waals surface area (Å²) in [4.78, 5) is 1.46. The van der Waals surface area contributed by atoms with Gasteiger partial charge in [0.25, 0.3) is 0 Å². The van der Waals surface area contributed by atoms with E-state index < -0.39 is 0 Å². The van der Waals surface area contributed by atoms with Gasteiger partial charge >= 0.3 is 0 Å². The van der Waals surface area contributed by atoms with Gasteiger partial charge in [-0.3, -0.25) is 0 Å². The summed E-state index contributed by atoms with van der Waals surface area (Å²) in [5.41, 5.74) is 2.67. The fraction of sp³-hybridized carbons (Fsp3) is 0.412. The number of nitrogens with one attached hydrogen (secondary N) is 1. The summed E-state index contributed by atoms with van der Waals surface area (Å²) in [6.07, 6.45) is 4.60. The van der Waals surface area contributed by atoms with Crippen LogP contribution in [0.4, 0.5) is 0 Å². The van der Waals surface area contributed by atoms with Gasteiger partial charge in [0.15, 0.2) is 0 Å². The van der Waals surface area contributed by atoms with Crippen molar-refractivity contribution in [1.82, 2.24) is 5.32 Å². The van der Waals surface area contributed by atoms with Crippen molar-refractivity contribution in [1.29, 1.82) is 0 Å². The van der Waals surface area contributed by atoms with Gasteiger partial charge in [0.05, 0.1) is 11.4 Å². The zero-order valence-electron chi connectivity index (χ0n) is 12.2. The lowest BCUT2D eigenvalue weighted by Crippen LogP contribution is -2.26. The van der Waals surface area contributed by atoms with Crippen LogP contribution in [0, 0.1) is 0 Å². The van der Waals surface area contributed by atoms with E-state index in [1.165, 1.54) is 35.3 Å². The fourth-order valence-electron chi connectivity index (χ4n) is 3.02. The van der Waals surface area contributed by atoms with E-state index in [-0.39, 0.29) is 0 Å². The summed E-state index contributed by atoms with van der Waals surface area (Å²) < 4.78 is 6.32. The van der Waals surface area contributed by atoms with Gasteiger partial charge in [-0.15, -0.1) is 11.3 Å². The molecule has 0 bridgehead atoms. The maximum Gasteiger partial charge on any atom is 0.122 e. The molecular formula is C17H20ClNOS. The van der Waals surface area contributed by atoms with Gasteiger partial charge in [-0.2, -0.15) is 0 Å². The molecule has 3 rings (SSSR count). The molecule has 4 heteroatoms. The smallest absolute Gasteiger partial charge is 0.122 e. The van der Waals surface area contributed by atoms with Crippen LogP contribution in [0.25, 0.3) is 0 Å². The van der Waals surface area contributed by atoms with Crippen molar-refractivity contribution in [3.63, 3.8) is 0 Å². The topological polar surface area (TPSA) is 21.3 Å². The molecule has 0 saturated carbocycles. The molecule has 1 unspecified atom stereocenters. The minimum Gasteiger partial charge on any atom is -0.496 e. The summed E-state index contributed by atoms with van der Waals surface area (Å²) in [5.74, 6) is 0.974. The molecule has 21 heavy (non-hydrogen) atoms. The Hall–Kier alpha value is -1.03. The van der Waals surface area contributed by atoms with Crippen molar-refractivity contribution in [3.05, 3.63) is 50.7 Å². The molecule has 0 saturated heterocycles. The lowest BCUT2D eigenvalue weighted by atomic mass is 9.94. The quantitative estimate of drug-likeness (QED) is 0.867. The van der Waals surface area contributed by atoms with Crippen LogP contribution in [0.1, 0.15) is 34.9 Å². The first-order valence-electron chi connectivity index (χ1n) is 7.41. The Labute approximate surface area is 135 Å². The van der Waals surface area contributed by atoms with Crippen LogP contribution in [0.15, 0.2) is 30.3 Å². The SMILES string of the molecule is COc1ccccc1CCNC1CCCc2sc(Cl)cc21. The summed E-state index contributed by atoms with van der Waals surface area (Å²) in [6, 6.07) is 10.8. The number of benzene rings is 1. The predicted octanol–water partition coefficient (Wildman–Crippen LogP) is 4.62. The van der Waals surface area contributed by atoms with Crippen LogP contribution in [-0.2, 0) is 12.8 Å². The third-order valence-corrected chi connectivity index (χ3v) is 5.40. The predicted molar refractivity (Wildman–Crippen MR) is 89.7 cm³/mol. The zero-order valence-corrected chi connectivity index (χ0v) is 13.8. The van der Waals surface area contributed by atoms with Crippen LogP contribution in [0.5, 0.6) is 5.75 Å². The molecule has 1 atom stereocenters. The molecule has 1 aliphatic rings. The summed E-state index contributed by atoms with van der Waals surface area (Å²) in [6.45, 7) is 0.956. The molecular weight excluding hydrogens is 302 g/mol. The standard InChI is InChI=1S/C17H20ClNOS/c1-20-15-7-3-2-5-12(15)9-10-19-14-6-4-8-16-13(14)11-17(18)21-16/h2-3,5,7,11,14,19H,4,6,8-10H2,1H3. The largest absolute Gasteiger partial charge is 0.496 e. The van der Waals surface area contributed by atoms with Crippen molar-refractivity contribution < 1.29 is 4.74 Å². The van der Waals surface area contributed by atoms with E-state index in [0.717, 1.165) is 23.1 Å². The van der Waals surface area contributed by atoms with Crippen LogP contribution >= 0.6 is 22.9 Å². The van der Waals surface area contributed by atoms with Crippen molar-refractivity contribution in [2.24, 2.45) is 0 Å². The first-order valence-corrected chi connectivity index (χ1v) is 8.61. The van der Waals surface area contributed by atoms with E-state index >= 15 is 0 Å². The highest BCUT2D eigenvalue weighted by atomic mass is 35.5. The molecule has 1 aliphatic carbocycles. The third kappa shape index (κ3) is 3.42. The first kappa shape index (κ1) is 14.9. The van der Waals surface area contributed by atoms with Crippen molar-refractivity contribution in [3.8, 4) is 5.75 Å². The van der Waals surface area contributed by atoms with Gasteiger partial charge < -0.3 is 10.1 Å². The molecule has 112 valence electrons. The lowest BCUT2D eigenvalue weighted by Gasteiger charge is -2.23. The molecule has 1 heterocycles. The minimum absolute atomic E-state index is 0.451. The van der Waals surface area contributed by atoms with E-state index in [9.17, 15) is 0 Å². The van der Waals surface area contributed by atoms with Gasteiger partial charge in [0.2, 0.25) is 0 Å². The molecule has 1 aromatic heterocycles.